The molecule has 0 bridgehead atoms. The van der Waals surface area contributed by atoms with E-state index in [0.717, 1.165) is 33.2 Å². The van der Waals surface area contributed by atoms with Crippen LogP contribution in [0.25, 0.3) is 6.08 Å². The molecule has 2 aromatic carbocycles. The number of carbonyl (C=O) groups is 2. The predicted octanol–water partition coefficient (Wildman–Crippen LogP) is 1.59. The summed E-state index contributed by atoms with van der Waals surface area (Å²) in [6.45, 7) is 1.31. The lowest BCUT2D eigenvalue weighted by molar-refractivity contribution is -0.140. The van der Waals surface area contributed by atoms with Crippen molar-refractivity contribution in [2.45, 2.75) is 11.3 Å². The summed E-state index contributed by atoms with van der Waals surface area (Å²) in [7, 11) is 3.31. The lowest BCUT2D eigenvalue weighted by Gasteiger charge is -2.29. The average molecular weight is 369 g/mol. The molecule has 0 spiro atoms. The molecule has 3 rings (SSSR count). The van der Waals surface area contributed by atoms with Gasteiger partial charge >= 0.3 is 11.8 Å². The predicted molar refractivity (Wildman–Crippen MR) is 105 cm³/mol. The van der Waals surface area contributed by atoms with E-state index in [9.17, 15) is 9.59 Å². The molecule has 26 heavy (non-hydrogen) atoms. The van der Waals surface area contributed by atoms with Crippen LogP contribution < -0.4 is 11.0 Å². The summed E-state index contributed by atoms with van der Waals surface area (Å²) in [6.07, 6.45) is 2.89. The Kier molecular flexibility index (Phi) is 5.54. The first-order valence-corrected chi connectivity index (χ1v) is 9.70. The molecule has 0 saturated heterocycles. The van der Waals surface area contributed by atoms with Crippen LogP contribution in [0.2, 0.25) is 0 Å². The van der Waals surface area contributed by atoms with Crippen molar-refractivity contribution in [1.29, 1.82) is 0 Å². The van der Waals surface area contributed by atoms with Gasteiger partial charge in [-0.3, -0.25) is 13.9 Å². The first kappa shape index (κ1) is 18.4. The molecule has 1 aliphatic heterocycles. The van der Waals surface area contributed by atoms with Crippen molar-refractivity contribution in [2.75, 3.05) is 27.2 Å². The Labute approximate surface area is 155 Å². The molecule has 2 amide bonds. The third-order valence-electron chi connectivity index (χ3n) is 4.19. The molecule has 0 fully saturated rings. The average Bonchev–Trinajstić information content (AvgIpc) is 2.63. The van der Waals surface area contributed by atoms with E-state index < -0.39 is 22.5 Å². The minimum absolute atomic E-state index is 0.478. The molecule has 2 N–H and O–H groups in total. The number of nitrogens with zero attached hydrogens (tertiary/aromatic N) is 2. The molecule has 136 valence electrons. The molecular weight excluding hydrogens is 346 g/mol. The molecule has 6 heteroatoms. The molecule has 1 aliphatic rings. The van der Waals surface area contributed by atoms with E-state index in [1.807, 2.05) is 62.6 Å². The van der Waals surface area contributed by atoms with Gasteiger partial charge in [-0.25, -0.2) is 0 Å². The molecule has 1 unspecified atom stereocenters. The van der Waals surface area contributed by atoms with Crippen molar-refractivity contribution >= 4 is 28.6 Å². The number of nitrogens with two attached hydrogens (primary N) is 1. The van der Waals surface area contributed by atoms with E-state index in [1.54, 1.807) is 4.31 Å². The first-order chi connectivity index (χ1) is 12.5. The SMILES string of the molecule is CN(C)CCCN(C(=O)C(N)=O)S1=c2ccccc2=Cc2ccccc21. The zero-order valence-corrected chi connectivity index (χ0v) is 15.8. The number of amides is 2. The Morgan fingerprint density at radius 2 is 1.69 bits per heavy atom. The maximum Gasteiger partial charge on any atom is 0.321 e. The summed E-state index contributed by atoms with van der Waals surface area (Å²) in [6, 6.07) is 16.0. The summed E-state index contributed by atoms with van der Waals surface area (Å²) < 4.78 is 2.70. The van der Waals surface area contributed by atoms with Crippen LogP contribution in [0.4, 0.5) is 0 Å². The number of primary amides is 1. The van der Waals surface area contributed by atoms with Gasteiger partial charge in [-0.2, -0.15) is 0 Å². The number of hydrogen-bond acceptors (Lipinski definition) is 3. The van der Waals surface area contributed by atoms with Gasteiger partial charge in [0.25, 0.3) is 0 Å². The van der Waals surface area contributed by atoms with Gasteiger partial charge in [-0.15, -0.1) is 0 Å². The van der Waals surface area contributed by atoms with Crippen LogP contribution in [-0.2, 0) is 9.59 Å². The Bertz CT molecular complexity index is 969. The fourth-order valence-electron chi connectivity index (χ4n) is 3.00. The number of benzene rings is 2. The zero-order chi connectivity index (χ0) is 18.7. The molecule has 0 aliphatic carbocycles. The second-order valence-corrected chi connectivity index (χ2v) is 8.32. The highest BCUT2D eigenvalue weighted by molar-refractivity contribution is 8.08. The van der Waals surface area contributed by atoms with Crippen molar-refractivity contribution in [3.63, 3.8) is 0 Å². The second kappa shape index (κ2) is 7.85. The van der Waals surface area contributed by atoms with E-state index in [4.69, 9.17) is 5.73 Å². The number of fused-ring (bicyclic) bond motifs is 2. The normalized spacial score (nSPS) is 15.0. The molecule has 0 saturated carbocycles. The number of carbonyl (C=O) groups excluding carboxylic acids is 2. The standard InChI is InChI=1S/C20H23N3O2S/c1-22(2)12-7-13-23(20(25)19(21)24)26-17-10-5-3-8-15(17)14-16-9-4-6-11-18(16)26/h3-6,8-11,14H,7,12-13H2,1-2H3,(H2,21,24). The van der Waals surface area contributed by atoms with Crippen LogP contribution in [0, 0.1) is 4.51 Å². The number of rotatable bonds is 5. The van der Waals surface area contributed by atoms with Gasteiger partial charge in [0.2, 0.25) is 0 Å². The Morgan fingerprint density at radius 1 is 1.00 bits per heavy atom. The Morgan fingerprint density at radius 3 is 2.42 bits per heavy atom. The Balaban J connectivity index is 2.18. The van der Waals surface area contributed by atoms with Crippen LogP contribution >= 0.6 is 10.7 Å². The number of hydrogen-bond donors (Lipinski definition) is 1. The third-order valence-corrected chi connectivity index (χ3v) is 6.56. The molecule has 5 nitrogen and oxygen atoms in total. The maximum absolute atomic E-state index is 12.7. The maximum atomic E-state index is 12.7. The van der Waals surface area contributed by atoms with Gasteiger partial charge in [0.15, 0.2) is 0 Å². The van der Waals surface area contributed by atoms with E-state index >= 15 is 0 Å². The fourth-order valence-corrected chi connectivity index (χ4v) is 5.40. The molecular formula is C20H23N3O2S. The van der Waals surface area contributed by atoms with Crippen LogP contribution in [0.3, 0.4) is 0 Å². The third kappa shape index (κ3) is 3.71. The molecule has 0 aromatic heterocycles. The van der Waals surface area contributed by atoms with Crippen molar-refractivity contribution in [3.8, 4) is 0 Å². The molecule has 1 atom stereocenters. The van der Waals surface area contributed by atoms with Crippen molar-refractivity contribution in [2.24, 2.45) is 5.73 Å². The van der Waals surface area contributed by atoms with Crippen molar-refractivity contribution in [1.82, 2.24) is 9.21 Å². The molecule has 1 heterocycles. The van der Waals surface area contributed by atoms with E-state index in [1.165, 1.54) is 0 Å². The molecule has 0 radical (unpaired) electrons. The van der Waals surface area contributed by atoms with E-state index in [2.05, 4.69) is 11.0 Å². The van der Waals surface area contributed by atoms with Gasteiger partial charge in [-0.05, 0) is 56.1 Å². The highest BCUT2D eigenvalue weighted by atomic mass is 32.2. The summed E-state index contributed by atoms with van der Waals surface area (Å²) >= 11 is 0. The van der Waals surface area contributed by atoms with E-state index in [0.29, 0.717) is 6.54 Å². The smallest absolute Gasteiger partial charge is 0.321 e. The summed E-state index contributed by atoms with van der Waals surface area (Å²) in [4.78, 5) is 27.5. The minimum atomic E-state index is -0.910. The lowest BCUT2D eigenvalue weighted by atomic mass is 10.1. The Hall–Kier alpha value is -2.44. The van der Waals surface area contributed by atoms with Gasteiger partial charge in [0.05, 0.1) is 0 Å². The van der Waals surface area contributed by atoms with Crippen LogP contribution in [0.15, 0.2) is 53.4 Å². The second-order valence-electron chi connectivity index (χ2n) is 6.43. The summed E-state index contributed by atoms with van der Waals surface area (Å²) in [5.74, 6) is -1.54. The van der Waals surface area contributed by atoms with Gasteiger partial charge in [0.1, 0.15) is 0 Å². The molecule has 2 aromatic rings. The monoisotopic (exact) mass is 369 g/mol. The fraction of sp³-hybridized carbons (Fsp3) is 0.250. The van der Waals surface area contributed by atoms with Crippen LogP contribution in [-0.4, -0.2) is 48.2 Å². The van der Waals surface area contributed by atoms with E-state index in [-0.39, 0.29) is 0 Å². The lowest BCUT2D eigenvalue weighted by Crippen LogP contribution is -2.39. The first-order valence-electron chi connectivity index (χ1n) is 8.52. The summed E-state index contributed by atoms with van der Waals surface area (Å²) in [5.41, 5.74) is 6.44. The van der Waals surface area contributed by atoms with Gasteiger partial charge < -0.3 is 10.6 Å². The zero-order valence-electron chi connectivity index (χ0n) is 15.0. The van der Waals surface area contributed by atoms with Crippen LogP contribution in [0.1, 0.15) is 12.0 Å². The largest absolute Gasteiger partial charge is 0.361 e. The highest BCUT2D eigenvalue weighted by Crippen LogP contribution is 2.38. The van der Waals surface area contributed by atoms with Gasteiger partial charge in [-0.1, -0.05) is 47.1 Å². The summed E-state index contributed by atoms with van der Waals surface area (Å²) in [5, 5.41) is 1.07. The highest BCUT2D eigenvalue weighted by Gasteiger charge is 2.25. The quantitative estimate of drug-likeness (QED) is 0.643. The van der Waals surface area contributed by atoms with Crippen molar-refractivity contribution < 1.29 is 9.59 Å². The van der Waals surface area contributed by atoms with Crippen LogP contribution in [0.5, 0.6) is 0 Å². The topological polar surface area (TPSA) is 66.6 Å². The van der Waals surface area contributed by atoms with Crippen molar-refractivity contribution in [3.05, 3.63) is 63.8 Å². The van der Waals surface area contributed by atoms with Gasteiger partial charge in [0, 0.05) is 16.0 Å². The minimum Gasteiger partial charge on any atom is -0.361 e.